The van der Waals surface area contributed by atoms with E-state index < -0.39 is 11.9 Å². The van der Waals surface area contributed by atoms with Gasteiger partial charge < -0.3 is 0 Å². The fourth-order valence-corrected chi connectivity index (χ4v) is 0.645. The van der Waals surface area contributed by atoms with Crippen LogP contribution < -0.4 is 10.9 Å². The summed E-state index contributed by atoms with van der Waals surface area (Å²) in [4.78, 5) is 13.9. The molecule has 1 heterocycles. The smallest absolute Gasteiger partial charge is 0.298 e. The average molecular weight is 179 g/mol. The molecule has 0 fully saturated rings. The predicted molar refractivity (Wildman–Crippen MR) is 44.8 cm³/mol. The molecule has 0 aliphatic heterocycles. The number of rotatable bonds is 2. The number of nitrogens with one attached hydrogen (secondary N) is 2. The van der Waals surface area contributed by atoms with Gasteiger partial charge in [0.05, 0.1) is 5.69 Å². The fraction of sp³-hybridized carbons (Fsp3) is 0. The Labute approximate surface area is 74.1 Å². The summed E-state index contributed by atoms with van der Waals surface area (Å²) in [5.74, 6) is 0.561. The fourth-order valence-electron chi connectivity index (χ4n) is 0.645. The van der Waals surface area contributed by atoms with Crippen molar-refractivity contribution in [2.24, 2.45) is 0 Å². The van der Waals surface area contributed by atoms with Gasteiger partial charge in [-0.05, 0) is 12.0 Å². The molecule has 1 amide bonds. The van der Waals surface area contributed by atoms with Gasteiger partial charge in [-0.1, -0.05) is 0 Å². The van der Waals surface area contributed by atoms with Gasteiger partial charge in [0, 0.05) is 12.3 Å². The summed E-state index contributed by atoms with van der Waals surface area (Å²) in [7, 11) is 0. The standard InChI is InChI=1S/C8H6FN3O/c1-2-8(13)12-11-6-3-4-10-7(9)5-6/h1,3-5H,(H,10,11)(H,12,13). The van der Waals surface area contributed by atoms with Crippen molar-refractivity contribution in [2.45, 2.75) is 0 Å². The van der Waals surface area contributed by atoms with E-state index in [2.05, 4.69) is 15.8 Å². The van der Waals surface area contributed by atoms with Crippen LogP contribution in [0, 0.1) is 18.3 Å². The molecule has 0 aliphatic carbocycles. The number of carbonyl (C=O) groups excluding carboxylic acids is 1. The van der Waals surface area contributed by atoms with Crippen molar-refractivity contribution in [1.82, 2.24) is 10.4 Å². The Balaban J connectivity index is 2.56. The topological polar surface area (TPSA) is 54.0 Å². The van der Waals surface area contributed by atoms with Gasteiger partial charge in [0.1, 0.15) is 0 Å². The largest absolute Gasteiger partial charge is 0.313 e. The van der Waals surface area contributed by atoms with E-state index in [1.165, 1.54) is 12.3 Å². The number of nitrogens with zero attached hydrogens (tertiary/aromatic N) is 1. The molecule has 13 heavy (non-hydrogen) atoms. The van der Waals surface area contributed by atoms with E-state index in [1.807, 2.05) is 5.92 Å². The maximum Gasteiger partial charge on any atom is 0.313 e. The van der Waals surface area contributed by atoms with Crippen LogP contribution in [-0.2, 0) is 4.79 Å². The minimum absolute atomic E-state index is 0.371. The first kappa shape index (κ1) is 9.00. The summed E-state index contributed by atoms with van der Waals surface area (Å²) < 4.78 is 12.5. The highest BCUT2D eigenvalue weighted by molar-refractivity contribution is 5.93. The lowest BCUT2D eigenvalue weighted by Gasteiger charge is -2.04. The third kappa shape index (κ3) is 2.79. The second-order valence-corrected chi connectivity index (χ2v) is 2.09. The molecule has 1 aromatic rings. The number of hydrazine groups is 1. The quantitative estimate of drug-likeness (QED) is 0.390. The average Bonchev–Trinajstić information content (AvgIpc) is 2.14. The number of halogens is 1. The van der Waals surface area contributed by atoms with Crippen LogP contribution in [0.1, 0.15) is 0 Å². The molecule has 0 saturated heterocycles. The molecule has 0 aliphatic rings. The summed E-state index contributed by atoms with van der Waals surface area (Å²) in [5.41, 5.74) is 4.94. The normalized spacial score (nSPS) is 8.62. The summed E-state index contributed by atoms with van der Waals surface area (Å²) in [5, 5.41) is 0. The Kier molecular flexibility index (Phi) is 2.82. The van der Waals surface area contributed by atoms with Crippen LogP contribution in [-0.4, -0.2) is 10.9 Å². The molecule has 4 nitrogen and oxygen atoms in total. The molecule has 2 N–H and O–H groups in total. The van der Waals surface area contributed by atoms with Crippen LogP contribution in [0.3, 0.4) is 0 Å². The molecule has 66 valence electrons. The monoisotopic (exact) mass is 179 g/mol. The van der Waals surface area contributed by atoms with Gasteiger partial charge in [0.15, 0.2) is 0 Å². The number of carbonyl (C=O) groups is 1. The Hall–Kier alpha value is -2.09. The van der Waals surface area contributed by atoms with E-state index in [4.69, 9.17) is 6.42 Å². The van der Waals surface area contributed by atoms with Crippen molar-refractivity contribution < 1.29 is 9.18 Å². The van der Waals surface area contributed by atoms with Crippen LogP contribution >= 0.6 is 0 Å². The second-order valence-electron chi connectivity index (χ2n) is 2.09. The van der Waals surface area contributed by atoms with Gasteiger partial charge >= 0.3 is 5.91 Å². The second kappa shape index (κ2) is 4.07. The number of anilines is 1. The van der Waals surface area contributed by atoms with Crippen molar-refractivity contribution in [3.05, 3.63) is 24.3 Å². The third-order valence-electron chi connectivity index (χ3n) is 1.18. The molecule has 1 rings (SSSR count). The number of amides is 1. The summed E-state index contributed by atoms with van der Waals surface area (Å²) in [6.45, 7) is 0. The predicted octanol–water partition coefficient (Wildman–Crippen LogP) is 0.297. The number of hydrogen-bond acceptors (Lipinski definition) is 3. The molecule has 0 spiro atoms. The van der Waals surface area contributed by atoms with Crippen LogP contribution in [0.2, 0.25) is 0 Å². The van der Waals surface area contributed by atoms with Crippen molar-refractivity contribution in [3.63, 3.8) is 0 Å². The van der Waals surface area contributed by atoms with Gasteiger partial charge in [-0.3, -0.25) is 15.6 Å². The van der Waals surface area contributed by atoms with Crippen molar-refractivity contribution in [3.8, 4) is 12.3 Å². The van der Waals surface area contributed by atoms with Gasteiger partial charge in [0.2, 0.25) is 5.95 Å². The first-order chi connectivity index (χ1) is 6.22. The minimum Gasteiger partial charge on any atom is -0.298 e. The Morgan fingerprint density at radius 2 is 2.46 bits per heavy atom. The molecule has 5 heteroatoms. The summed E-state index contributed by atoms with van der Waals surface area (Å²) in [6.07, 6.45) is 6.04. The molecule has 0 radical (unpaired) electrons. The molecule has 0 unspecified atom stereocenters. The number of aromatic nitrogens is 1. The maximum atomic E-state index is 12.5. The van der Waals surface area contributed by atoms with Crippen LogP contribution in [0.15, 0.2) is 18.3 Å². The van der Waals surface area contributed by atoms with E-state index in [0.717, 1.165) is 6.07 Å². The first-order valence-corrected chi connectivity index (χ1v) is 3.36. The van der Waals surface area contributed by atoms with Gasteiger partial charge in [-0.15, -0.1) is 6.42 Å². The van der Waals surface area contributed by atoms with Crippen LogP contribution in [0.25, 0.3) is 0 Å². The molecule has 0 aromatic carbocycles. The number of terminal acetylenes is 1. The molecule has 0 atom stereocenters. The lowest BCUT2D eigenvalue weighted by molar-refractivity contribution is -0.115. The third-order valence-corrected chi connectivity index (χ3v) is 1.18. The molecule has 1 aromatic heterocycles. The van der Waals surface area contributed by atoms with Crippen molar-refractivity contribution in [1.29, 1.82) is 0 Å². The van der Waals surface area contributed by atoms with E-state index >= 15 is 0 Å². The number of pyridine rings is 1. The molecular formula is C8H6FN3O. The van der Waals surface area contributed by atoms with E-state index in [0.29, 0.717) is 5.69 Å². The van der Waals surface area contributed by atoms with Gasteiger partial charge in [-0.2, -0.15) is 4.39 Å². The van der Waals surface area contributed by atoms with Crippen LogP contribution in [0.4, 0.5) is 10.1 Å². The minimum atomic E-state index is -0.639. The Bertz CT molecular complexity index is 359. The lowest BCUT2D eigenvalue weighted by atomic mass is 10.4. The van der Waals surface area contributed by atoms with Crippen LogP contribution in [0.5, 0.6) is 0 Å². The van der Waals surface area contributed by atoms with E-state index in [1.54, 1.807) is 0 Å². The zero-order chi connectivity index (χ0) is 9.68. The summed E-state index contributed by atoms with van der Waals surface area (Å²) in [6, 6.07) is 2.61. The highest BCUT2D eigenvalue weighted by Gasteiger charge is 1.96. The first-order valence-electron chi connectivity index (χ1n) is 3.36. The molecular weight excluding hydrogens is 173 g/mol. The highest BCUT2D eigenvalue weighted by atomic mass is 19.1. The molecule has 0 bridgehead atoms. The van der Waals surface area contributed by atoms with E-state index in [-0.39, 0.29) is 0 Å². The molecule has 0 saturated carbocycles. The van der Waals surface area contributed by atoms with Gasteiger partial charge in [-0.25, -0.2) is 4.98 Å². The maximum absolute atomic E-state index is 12.5. The zero-order valence-corrected chi connectivity index (χ0v) is 6.54. The van der Waals surface area contributed by atoms with Crippen molar-refractivity contribution >= 4 is 11.6 Å². The summed E-state index contributed by atoms with van der Waals surface area (Å²) >= 11 is 0. The van der Waals surface area contributed by atoms with Crippen molar-refractivity contribution in [2.75, 3.05) is 5.43 Å². The zero-order valence-electron chi connectivity index (χ0n) is 6.54. The highest BCUT2D eigenvalue weighted by Crippen LogP contribution is 2.04. The Morgan fingerprint density at radius 1 is 1.69 bits per heavy atom. The Morgan fingerprint density at radius 3 is 3.08 bits per heavy atom. The van der Waals surface area contributed by atoms with Gasteiger partial charge in [0.25, 0.3) is 0 Å². The number of hydrogen-bond donors (Lipinski definition) is 2. The lowest BCUT2D eigenvalue weighted by Crippen LogP contribution is -2.27. The SMILES string of the molecule is C#CC(=O)NNc1ccnc(F)c1. The van der Waals surface area contributed by atoms with E-state index in [9.17, 15) is 9.18 Å².